The minimum absolute atomic E-state index is 0.645. The average molecular weight is 346 g/mol. The molecule has 2 aromatic rings. The van der Waals surface area contributed by atoms with Gasteiger partial charge in [-0.25, -0.2) is 0 Å². The Balaban J connectivity index is 1.55. The van der Waals surface area contributed by atoms with E-state index in [2.05, 4.69) is 51.6 Å². The van der Waals surface area contributed by atoms with Crippen LogP contribution in [0.3, 0.4) is 0 Å². The van der Waals surface area contributed by atoms with Crippen molar-refractivity contribution in [2.75, 3.05) is 13.7 Å². The van der Waals surface area contributed by atoms with Crippen molar-refractivity contribution < 1.29 is 4.74 Å². The largest absolute Gasteiger partial charge is 0.497 e. The molecule has 0 spiro atoms. The van der Waals surface area contributed by atoms with Gasteiger partial charge in [0, 0.05) is 17.6 Å². The molecule has 0 heterocycles. The quantitative estimate of drug-likeness (QED) is 0.873. The standard InChI is InChI=1S/C18H20BrNO/c1-21-17-7-2-13(3-8-17)11-20-12-15-5-4-14-10-16(19)6-9-18(14)15/h2-3,6-10,15,20H,4-5,11-12H2,1H3. The molecule has 0 amide bonds. The summed E-state index contributed by atoms with van der Waals surface area (Å²) in [6.45, 7) is 1.95. The number of nitrogens with one attached hydrogen (secondary N) is 1. The van der Waals surface area contributed by atoms with Crippen LogP contribution in [0.25, 0.3) is 0 Å². The second-order valence-electron chi connectivity index (χ2n) is 5.56. The third kappa shape index (κ3) is 3.47. The van der Waals surface area contributed by atoms with Crippen LogP contribution in [-0.2, 0) is 13.0 Å². The molecule has 0 saturated heterocycles. The normalized spacial score (nSPS) is 16.8. The first kappa shape index (κ1) is 14.6. The lowest BCUT2D eigenvalue weighted by molar-refractivity contribution is 0.414. The van der Waals surface area contributed by atoms with Crippen molar-refractivity contribution in [2.45, 2.75) is 25.3 Å². The van der Waals surface area contributed by atoms with Crippen molar-refractivity contribution in [2.24, 2.45) is 0 Å². The fourth-order valence-corrected chi connectivity index (χ4v) is 3.43. The van der Waals surface area contributed by atoms with Gasteiger partial charge in [0.1, 0.15) is 5.75 Å². The minimum atomic E-state index is 0.645. The predicted octanol–water partition coefficient (Wildman–Crippen LogP) is 4.28. The zero-order chi connectivity index (χ0) is 14.7. The summed E-state index contributed by atoms with van der Waals surface area (Å²) < 4.78 is 6.37. The Morgan fingerprint density at radius 1 is 1.19 bits per heavy atom. The van der Waals surface area contributed by atoms with E-state index in [0.29, 0.717) is 5.92 Å². The monoisotopic (exact) mass is 345 g/mol. The van der Waals surface area contributed by atoms with Crippen LogP contribution in [0.2, 0.25) is 0 Å². The Bertz CT molecular complexity index is 609. The van der Waals surface area contributed by atoms with Crippen LogP contribution in [-0.4, -0.2) is 13.7 Å². The van der Waals surface area contributed by atoms with E-state index >= 15 is 0 Å². The van der Waals surface area contributed by atoms with E-state index in [4.69, 9.17) is 4.74 Å². The maximum atomic E-state index is 5.18. The van der Waals surface area contributed by atoms with Gasteiger partial charge in [0.05, 0.1) is 7.11 Å². The zero-order valence-electron chi connectivity index (χ0n) is 12.2. The summed E-state index contributed by atoms with van der Waals surface area (Å²) >= 11 is 3.55. The van der Waals surface area contributed by atoms with Gasteiger partial charge in [0.2, 0.25) is 0 Å². The van der Waals surface area contributed by atoms with E-state index in [-0.39, 0.29) is 0 Å². The summed E-state index contributed by atoms with van der Waals surface area (Å²) in [7, 11) is 1.70. The van der Waals surface area contributed by atoms with E-state index in [1.54, 1.807) is 7.11 Å². The number of hydrogen-bond donors (Lipinski definition) is 1. The molecule has 1 aliphatic carbocycles. The van der Waals surface area contributed by atoms with E-state index in [1.165, 1.54) is 34.0 Å². The highest BCUT2D eigenvalue weighted by Gasteiger charge is 2.21. The van der Waals surface area contributed by atoms with Gasteiger partial charge >= 0.3 is 0 Å². The summed E-state index contributed by atoms with van der Waals surface area (Å²) in [5.41, 5.74) is 4.31. The molecule has 0 aliphatic heterocycles. The van der Waals surface area contributed by atoms with Gasteiger partial charge in [-0.3, -0.25) is 0 Å². The molecule has 2 nitrogen and oxygen atoms in total. The van der Waals surface area contributed by atoms with Gasteiger partial charge in [0.25, 0.3) is 0 Å². The van der Waals surface area contributed by atoms with E-state index in [1.807, 2.05) is 12.1 Å². The number of benzene rings is 2. The van der Waals surface area contributed by atoms with E-state index < -0.39 is 0 Å². The van der Waals surface area contributed by atoms with Crippen molar-refractivity contribution in [1.82, 2.24) is 5.32 Å². The maximum absolute atomic E-state index is 5.18. The molecule has 2 aromatic carbocycles. The molecular weight excluding hydrogens is 326 g/mol. The first-order valence-corrected chi connectivity index (χ1v) is 8.17. The highest BCUT2D eigenvalue weighted by molar-refractivity contribution is 9.10. The molecule has 1 atom stereocenters. The number of methoxy groups -OCH3 is 1. The average Bonchev–Trinajstić information content (AvgIpc) is 2.90. The summed E-state index contributed by atoms with van der Waals surface area (Å²) in [6, 6.07) is 14.9. The van der Waals surface area contributed by atoms with Crippen LogP contribution < -0.4 is 10.1 Å². The van der Waals surface area contributed by atoms with Crippen LogP contribution in [0.1, 0.15) is 29.0 Å². The molecule has 1 aliphatic rings. The Morgan fingerprint density at radius 2 is 2.00 bits per heavy atom. The first-order valence-electron chi connectivity index (χ1n) is 7.38. The fourth-order valence-electron chi connectivity index (χ4n) is 3.02. The number of ether oxygens (including phenoxy) is 1. The molecule has 21 heavy (non-hydrogen) atoms. The second-order valence-corrected chi connectivity index (χ2v) is 6.47. The molecule has 0 radical (unpaired) electrons. The topological polar surface area (TPSA) is 21.3 Å². The van der Waals surface area contributed by atoms with Crippen LogP contribution in [0.4, 0.5) is 0 Å². The Morgan fingerprint density at radius 3 is 2.76 bits per heavy atom. The van der Waals surface area contributed by atoms with Gasteiger partial charge < -0.3 is 10.1 Å². The van der Waals surface area contributed by atoms with E-state index in [9.17, 15) is 0 Å². The highest BCUT2D eigenvalue weighted by atomic mass is 79.9. The molecule has 0 fully saturated rings. The SMILES string of the molecule is COc1ccc(CNCC2CCc3cc(Br)ccc32)cc1. The van der Waals surface area contributed by atoms with Gasteiger partial charge in [-0.15, -0.1) is 0 Å². The third-order valence-corrected chi connectivity index (χ3v) is 4.68. The van der Waals surface area contributed by atoms with Crippen LogP contribution in [0.15, 0.2) is 46.9 Å². The van der Waals surface area contributed by atoms with Crippen molar-refractivity contribution in [1.29, 1.82) is 0 Å². The van der Waals surface area contributed by atoms with Gasteiger partial charge in [0.15, 0.2) is 0 Å². The molecule has 3 rings (SSSR count). The molecule has 1 unspecified atom stereocenters. The molecule has 1 N–H and O–H groups in total. The van der Waals surface area contributed by atoms with Crippen molar-refractivity contribution in [3.8, 4) is 5.75 Å². The van der Waals surface area contributed by atoms with Crippen molar-refractivity contribution in [3.05, 3.63) is 63.6 Å². The Kier molecular flexibility index (Phi) is 4.61. The number of fused-ring (bicyclic) bond motifs is 1. The Hall–Kier alpha value is -1.32. The summed E-state index contributed by atoms with van der Waals surface area (Å²) in [5, 5.41) is 3.58. The van der Waals surface area contributed by atoms with Crippen molar-refractivity contribution in [3.63, 3.8) is 0 Å². The second kappa shape index (κ2) is 6.63. The van der Waals surface area contributed by atoms with E-state index in [0.717, 1.165) is 18.8 Å². The predicted molar refractivity (Wildman–Crippen MR) is 89.9 cm³/mol. The lowest BCUT2D eigenvalue weighted by atomic mass is 10.0. The molecule has 0 saturated carbocycles. The molecule has 0 aromatic heterocycles. The molecule has 0 bridgehead atoms. The molecule has 3 heteroatoms. The Labute approximate surface area is 134 Å². The van der Waals surface area contributed by atoms with Crippen molar-refractivity contribution >= 4 is 15.9 Å². The number of halogens is 1. The highest BCUT2D eigenvalue weighted by Crippen LogP contribution is 2.34. The smallest absolute Gasteiger partial charge is 0.118 e. The molecular formula is C18H20BrNO. The summed E-state index contributed by atoms with van der Waals surface area (Å²) in [4.78, 5) is 0. The number of rotatable bonds is 5. The van der Waals surface area contributed by atoms with Crippen LogP contribution >= 0.6 is 15.9 Å². The third-order valence-electron chi connectivity index (χ3n) is 4.19. The molecule has 110 valence electrons. The first-order chi connectivity index (χ1) is 10.3. The minimum Gasteiger partial charge on any atom is -0.497 e. The maximum Gasteiger partial charge on any atom is 0.118 e. The lowest BCUT2D eigenvalue weighted by Crippen LogP contribution is -2.20. The fraction of sp³-hybridized carbons (Fsp3) is 0.333. The van der Waals surface area contributed by atoms with Gasteiger partial charge in [-0.1, -0.05) is 34.1 Å². The van der Waals surface area contributed by atoms with Crippen LogP contribution in [0.5, 0.6) is 5.75 Å². The van der Waals surface area contributed by atoms with Crippen LogP contribution in [0, 0.1) is 0 Å². The number of aryl methyl sites for hydroxylation is 1. The number of hydrogen-bond acceptors (Lipinski definition) is 2. The summed E-state index contributed by atoms with van der Waals surface area (Å²) in [5.74, 6) is 1.56. The zero-order valence-corrected chi connectivity index (χ0v) is 13.8. The van der Waals surface area contributed by atoms with Gasteiger partial charge in [-0.2, -0.15) is 0 Å². The summed E-state index contributed by atoms with van der Waals surface area (Å²) in [6.07, 6.45) is 2.45. The lowest BCUT2D eigenvalue weighted by Gasteiger charge is -2.13. The van der Waals surface area contributed by atoms with Gasteiger partial charge in [-0.05, 0) is 59.7 Å².